The molecule has 0 radical (unpaired) electrons. The lowest BCUT2D eigenvalue weighted by molar-refractivity contribution is 0.660. The van der Waals surface area contributed by atoms with Crippen molar-refractivity contribution in [3.8, 4) is 11.3 Å². The van der Waals surface area contributed by atoms with Crippen molar-refractivity contribution < 1.29 is 0 Å². The highest BCUT2D eigenvalue weighted by atomic mass is 32.1. The Kier molecular flexibility index (Phi) is 2.07. The zero-order valence-corrected chi connectivity index (χ0v) is 10.0. The molecule has 3 aromatic heterocycles. The summed E-state index contributed by atoms with van der Waals surface area (Å²) in [5.74, 6) is 0. The molecule has 3 rings (SSSR count). The van der Waals surface area contributed by atoms with E-state index in [0.29, 0.717) is 0 Å². The van der Waals surface area contributed by atoms with E-state index in [1.807, 2.05) is 17.1 Å². The SMILES string of the molecule is CCn1cc(-c2cn3c(C)csc3n2)cn1. The summed E-state index contributed by atoms with van der Waals surface area (Å²) in [6.45, 7) is 5.05. The summed E-state index contributed by atoms with van der Waals surface area (Å²) >= 11 is 1.67. The van der Waals surface area contributed by atoms with Crippen LogP contribution in [0.3, 0.4) is 0 Å². The number of hydrogen-bond acceptors (Lipinski definition) is 3. The van der Waals surface area contributed by atoms with Crippen LogP contribution in [0, 0.1) is 6.92 Å². The van der Waals surface area contributed by atoms with Crippen LogP contribution in [0.4, 0.5) is 0 Å². The quantitative estimate of drug-likeness (QED) is 0.680. The van der Waals surface area contributed by atoms with Crippen LogP contribution in [0.2, 0.25) is 0 Å². The number of hydrogen-bond donors (Lipinski definition) is 0. The standard InChI is InChI=1S/C11H12N4S/c1-3-14-5-9(4-12-14)10-6-15-8(2)7-16-11(15)13-10/h4-7H,3H2,1-2H3. The van der Waals surface area contributed by atoms with Crippen molar-refractivity contribution in [1.82, 2.24) is 19.2 Å². The van der Waals surface area contributed by atoms with Crippen LogP contribution in [-0.4, -0.2) is 19.2 Å². The lowest BCUT2D eigenvalue weighted by Crippen LogP contribution is -1.91. The zero-order valence-electron chi connectivity index (χ0n) is 9.21. The minimum atomic E-state index is 0.890. The first kappa shape index (κ1) is 9.59. The average molecular weight is 232 g/mol. The molecule has 0 saturated carbocycles. The third-order valence-electron chi connectivity index (χ3n) is 2.64. The van der Waals surface area contributed by atoms with Crippen LogP contribution in [0.5, 0.6) is 0 Å². The Morgan fingerprint density at radius 2 is 2.25 bits per heavy atom. The molecular weight excluding hydrogens is 220 g/mol. The molecule has 0 atom stereocenters. The van der Waals surface area contributed by atoms with Crippen LogP contribution in [0.1, 0.15) is 12.6 Å². The van der Waals surface area contributed by atoms with E-state index < -0.39 is 0 Å². The van der Waals surface area contributed by atoms with Gasteiger partial charge in [0.25, 0.3) is 0 Å². The summed E-state index contributed by atoms with van der Waals surface area (Å²) in [6, 6.07) is 0. The van der Waals surface area contributed by atoms with Crippen LogP contribution in [0.25, 0.3) is 16.2 Å². The van der Waals surface area contributed by atoms with Crippen molar-refractivity contribution in [2.75, 3.05) is 0 Å². The maximum Gasteiger partial charge on any atom is 0.194 e. The van der Waals surface area contributed by atoms with E-state index in [0.717, 1.165) is 22.8 Å². The second-order valence-corrected chi connectivity index (χ2v) is 4.58. The van der Waals surface area contributed by atoms with Crippen LogP contribution < -0.4 is 0 Å². The first-order valence-corrected chi connectivity index (χ1v) is 6.12. The molecule has 0 aliphatic carbocycles. The lowest BCUT2D eigenvalue weighted by atomic mass is 10.3. The smallest absolute Gasteiger partial charge is 0.194 e. The monoisotopic (exact) mass is 232 g/mol. The Balaban J connectivity index is 2.11. The highest BCUT2D eigenvalue weighted by Gasteiger charge is 2.08. The Labute approximate surface area is 97.2 Å². The fourth-order valence-electron chi connectivity index (χ4n) is 1.70. The van der Waals surface area contributed by atoms with Gasteiger partial charge in [-0.3, -0.25) is 9.08 Å². The highest BCUT2D eigenvalue weighted by molar-refractivity contribution is 7.15. The lowest BCUT2D eigenvalue weighted by Gasteiger charge is -1.90. The largest absolute Gasteiger partial charge is 0.294 e. The van der Waals surface area contributed by atoms with Gasteiger partial charge < -0.3 is 0 Å². The first-order valence-electron chi connectivity index (χ1n) is 5.24. The topological polar surface area (TPSA) is 35.1 Å². The van der Waals surface area contributed by atoms with E-state index in [-0.39, 0.29) is 0 Å². The normalized spacial score (nSPS) is 11.4. The maximum atomic E-state index is 4.58. The molecule has 0 spiro atoms. The van der Waals surface area contributed by atoms with Crippen molar-refractivity contribution in [3.05, 3.63) is 29.7 Å². The van der Waals surface area contributed by atoms with Crippen molar-refractivity contribution in [2.45, 2.75) is 20.4 Å². The van der Waals surface area contributed by atoms with E-state index >= 15 is 0 Å². The molecular formula is C11H12N4S. The Hall–Kier alpha value is -1.62. The van der Waals surface area contributed by atoms with Gasteiger partial charge in [0.05, 0.1) is 11.9 Å². The molecule has 0 aliphatic rings. The van der Waals surface area contributed by atoms with Crippen molar-refractivity contribution in [2.24, 2.45) is 0 Å². The van der Waals surface area contributed by atoms with Gasteiger partial charge in [-0.15, -0.1) is 11.3 Å². The van der Waals surface area contributed by atoms with E-state index in [9.17, 15) is 0 Å². The summed E-state index contributed by atoms with van der Waals surface area (Å²) < 4.78 is 4.03. The van der Waals surface area contributed by atoms with Gasteiger partial charge in [0, 0.05) is 35.6 Å². The van der Waals surface area contributed by atoms with Gasteiger partial charge in [-0.2, -0.15) is 5.10 Å². The van der Waals surface area contributed by atoms with Gasteiger partial charge in [-0.05, 0) is 13.8 Å². The maximum absolute atomic E-state index is 4.58. The molecule has 5 heteroatoms. The number of aryl methyl sites for hydroxylation is 2. The van der Waals surface area contributed by atoms with Gasteiger partial charge in [-0.25, -0.2) is 4.98 Å². The second kappa shape index (κ2) is 3.45. The van der Waals surface area contributed by atoms with Crippen molar-refractivity contribution in [1.29, 1.82) is 0 Å². The van der Waals surface area contributed by atoms with E-state index in [1.54, 1.807) is 11.3 Å². The van der Waals surface area contributed by atoms with Crippen LogP contribution in [0.15, 0.2) is 24.0 Å². The molecule has 0 saturated heterocycles. The number of thiazole rings is 1. The second-order valence-electron chi connectivity index (χ2n) is 3.74. The summed E-state index contributed by atoms with van der Waals surface area (Å²) in [5.41, 5.74) is 3.30. The van der Waals surface area contributed by atoms with Crippen LogP contribution in [-0.2, 0) is 6.54 Å². The molecule has 0 N–H and O–H groups in total. The van der Waals surface area contributed by atoms with Gasteiger partial charge >= 0.3 is 0 Å². The molecule has 0 unspecified atom stereocenters. The number of fused-ring (bicyclic) bond motifs is 1. The fourth-order valence-corrected chi connectivity index (χ4v) is 2.55. The van der Waals surface area contributed by atoms with E-state index in [2.05, 4.69) is 39.9 Å². The number of nitrogens with zero attached hydrogens (tertiary/aromatic N) is 4. The van der Waals surface area contributed by atoms with E-state index in [4.69, 9.17) is 0 Å². The summed E-state index contributed by atoms with van der Waals surface area (Å²) in [5, 5.41) is 6.37. The Bertz CT molecular complexity index is 631. The molecule has 16 heavy (non-hydrogen) atoms. The molecule has 3 heterocycles. The molecule has 0 bridgehead atoms. The summed E-state index contributed by atoms with van der Waals surface area (Å²) in [4.78, 5) is 5.62. The zero-order chi connectivity index (χ0) is 11.1. The van der Waals surface area contributed by atoms with Gasteiger partial charge in [0.1, 0.15) is 0 Å². The first-order chi connectivity index (χ1) is 7.78. The average Bonchev–Trinajstić information content (AvgIpc) is 2.95. The van der Waals surface area contributed by atoms with Crippen molar-refractivity contribution >= 4 is 16.3 Å². The highest BCUT2D eigenvalue weighted by Crippen LogP contribution is 2.22. The molecule has 0 aliphatic heterocycles. The Morgan fingerprint density at radius 1 is 1.38 bits per heavy atom. The number of imidazole rings is 1. The number of rotatable bonds is 2. The summed E-state index contributed by atoms with van der Waals surface area (Å²) in [7, 11) is 0. The van der Waals surface area contributed by atoms with Crippen LogP contribution >= 0.6 is 11.3 Å². The van der Waals surface area contributed by atoms with E-state index in [1.165, 1.54) is 5.69 Å². The molecule has 82 valence electrons. The fraction of sp³-hybridized carbons (Fsp3) is 0.273. The third kappa shape index (κ3) is 1.36. The minimum absolute atomic E-state index is 0.890. The predicted molar refractivity (Wildman–Crippen MR) is 64.7 cm³/mol. The predicted octanol–water partition coefficient (Wildman–Crippen LogP) is 2.59. The van der Waals surface area contributed by atoms with Gasteiger partial charge in [-0.1, -0.05) is 0 Å². The molecule has 0 fully saturated rings. The number of aromatic nitrogens is 4. The molecule has 0 amide bonds. The molecule has 4 nitrogen and oxygen atoms in total. The van der Waals surface area contributed by atoms with Gasteiger partial charge in [0.15, 0.2) is 4.96 Å². The summed E-state index contributed by atoms with van der Waals surface area (Å²) in [6.07, 6.45) is 5.96. The third-order valence-corrected chi connectivity index (χ3v) is 3.60. The molecule has 3 aromatic rings. The Morgan fingerprint density at radius 3 is 2.94 bits per heavy atom. The minimum Gasteiger partial charge on any atom is -0.294 e. The molecule has 0 aromatic carbocycles. The van der Waals surface area contributed by atoms with Gasteiger partial charge in [0.2, 0.25) is 0 Å². The van der Waals surface area contributed by atoms with Crippen molar-refractivity contribution in [3.63, 3.8) is 0 Å².